The minimum Gasteiger partial charge on any atom is -0.366 e. The van der Waals surface area contributed by atoms with Gasteiger partial charge in [0.25, 0.3) is 5.91 Å². The molecule has 1 aliphatic heterocycles. The zero-order chi connectivity index (χ0) is 19.4. The lowest BCUT2D eigenvalue weighted by molar-refractivity contribution is -0.117. The molecule has 1 heterocycles. The third kappa shape index (κ3) is 4.65. The third-order valence-corrected chi connectivity index (χ3v) is 4.91. The highest BCUT2D eigenvalue weighted by atomic mass is 16.2. The summed E-state index contributed by atoms with van der Waals surface area (Å²) in [4.78, 5) is 28.4. The molecule has 1 unspecified atom stereocenters. The summed E-state index contributed by atoms with van der Waals surface area (Å²) in [6.45, 7) is 7.03. The first-order valence-corrected chi connectivity index (χ1v) is 9.18. The number of carbonyl (C=O) groups excluding carboxylic acids is 2. The van der Waals surface area contributed by atoms with Crippen LogP contribution in [-0.4, -0.2) is 48.9 Å². The lowest BCUT2D eigenvalue weighted by Crippen LogP contribution is -2.53. The summed E-state index contributed by atoms with van der Waals surface area (Å²) in [6.07, 6.45) is 0. The van der Waals surface area contributed by atoms with Crippen molar-refractivity contribution >= 4 is 23.2 Å². The minimum atomic E-state index is -0.550. The lowest BCUT2D eigenvalue weighted by Gasteiger charge is -2.41. The molecule has 1 fully saturated rings. The first-order valence-electron chi connectivity index (χ1n) is 9.18. The van der Waals surface area contributed by atoms with Crippen LogP contribution in [0.3, 0.4) is 0 Å². The largest absolute Gasteiger partial charge is 0.366 e. The molecule has 0 spiro atoms. The Balaban J connectivity index is 1.57. The molecule has 0 saturated carbocycles. The van der Waals surface area contributed by atoms with Gasteiger partial charge in [-0.05, 0) is 38.1 Å². The Kier molecular flexibility index (Phi) is 5.76. The molecule has 142 valence electrons. The summed E-state index contributed by atoms with van der Waals surface area (Å²) >= 11 is 0. The van der Waals surface area contributed by atoms with E-state index in [1.807, 2.05) is 0 Å². The highest BCUT2D eigenvalue weighted by Gasteiger charge is 2.25. The molecule has 1 atom stereocenters. The lowest BCUT2D eigenvalue weighted by atomic mass is 10.1. The number of rotatable bonds is 5. The van der Waals surface area contributed by atoms with E-state index in [1.165, 1.54) is 11.3 Å². The van der Waals surface area contributed by atoms with Crippen molar-refractivity contribution in [2.45, 2.75) is 19.9 Å². The number of benzene rings is 2. The quantitative estimate of drug-likeness (QED) is 0.851. The van der Waals surface area contributed by atoms with Crippen molar-refractivity contribution in [3.8, 4) is 0 Å². The number of nitrogens with zero attached hydrogens (tertiary/aromatic N) is 2. The number of carbonyl (C=O) groups is 2. The summed E-state index contributed by atoms with van der Waals surface area (Å²) in [5.74, 6) is -0.689. The van der Waals surface area contributed by atoms with Crippen LogP contribution < -0.4 is 16.0 Å². The van der Waals surface area contributed by atoms with Crippen LogP contribution in [0.2, 0.25) is 0 Å². The summed E-state index contributed by atoms with van der Waals surface area (Å²) in [7, 11) is 0. The summed E-state index contributed by atoms with van der Waals surface area (Å²) in [5.41, 5.74) is 8.61. The number of aryl methyl sites for hydroxylation is 1. The SMILES string of the molecule is Cc1ccc(N2CCN(CC(=O)Nc3ccccc3C(N)=O)CC2C)cc1. The molecular weight excluding hydrogens is 340 g/mol. The molecular formula is C21H26N4O2. The van der Waals surface area contributed by atoms with Crippen LogP contribution >= 0.6 is 0 Å². The Bertz CT molecular complexity index is 819. The van der Waals surface area contributed by atoms with Gasteiger partial charge >= 0.3 is 0 Å². The monoisotopic (exact) mass is 366 g/mol. The molecule has 2 amide bonds. The van der Waals surface area contributed by atoms with Gasteiger partial charge in [0.05, 0.1) is 17.8 Å². The molecule has 3 N–H and O–H groups in total. The van der Waals surface area contributed by atoms with E-state index < -0.39 is 5.91 Å². The zero-order valence-corrected chi connectivity index (χ0v) is 15.8. The Hall–Kier alpha value is -2.86. The van der Waals surface area contributed by atoms with Gasteiger partial charge in [-0.3, -0.25) is 14.5 Å². The van der Waals surface area contributed by atoms with Crippen LogP contribution in [0.15, 0.2) is 48.5 Å². The number of nitrogens with one attached hydrogen (secondary N) is 1. The number of amides is 2. The maximum Gasteiger partial charge on any atom is 0.250 e. The van der Waals surface area contributed by atoms with Crippen molar-refractivity contribution in [1.29, 1.82) is 0 Å². The van der Waals surface area contributed by atoms with Gasteiger partial charge in [0.2, 0.25) is 5.91 Å². The van der Waals surface area contributed by atoms with Gasteiger partial charge in [-0.2, -0.15) is 0 Å². The first kappa shape index (κ1) is 18.9. The molecule has 6 nitrogen and oxygen atoms in total. The number of para-hydroxylation sites is 1. The van der Waals surface area contributed by atoms with Crippen molar-refractivity contribution in [1.82, 2.24) is 4.90 Å². The average Bonchev–Trinajstić information content (AvgIpc) is 2.63. The van der Waals surface area contributed by atoms with Crippen molar-refractivity contribution in [3.05, 3.63) is 59.7 Å². The smallest absolute Gasteiger partial charge is 0.250 e. The number of piperazine rings is 1. The zero-order valence-electron chi connectivity index (χ0n) is 15.8. The molecule has 0 aliphatic carbocycles. The predicted octanol–water partition coefficient (Wildman–Crippen LogP) is 2.24. The van der Waals surface area contributed by atoms with Crippen molar-refractivity contribution < 1.29 is 9.59 Å². The molecule has 0 bridgehead atoms. The van der Waals surface area contributed by atoms with Crippen LogP contribution in [0.1, 0.15) is 22.8 Å². The Labute approximate surface area is 159 Å². The van der Waals surface area contributed by atoms with E-state index in [4.69, 9.17) is 5.73 Å². The van der Waals surface area contributed by atoms with E-state index in [0.29, 0.717) is 23.8 Å². The van der Waals surface area contributed by atoms with Gasteiger partial charge < -0.3 is 16.0 Å². The van der Waals surface area contributed by atoms with E-state index in [1.54, 1.807) is 24.3 Å². The predicted molar refractivity (Wildman–Crippen MR) is 108 cm³/mol. The standard InChI is InChI=1S/C21H26N4O2/c1-15-7-9-17(10-8-15)25-12-11-24(13-16(25)2)14-20(26)23-19-6-4-3-5-18(19)21(22)27/h3-10,16H,11-14H2,1-2H3,(H2,22,27)(H,23,26). The van der Waals surface area contributed by atoms with E-state index >= 15 is 0 Å². The molecule has 1 aliphatic rings. The summed E-state index contributed by atoms with van der Waals surface area (Å²) in [5, 5.41) is 2.81. The van der Waals surface area contributed by atoms with Crippen molar-refractivity contribution in [2.24, 2.45) is 5.73 Å². The molecule has 27 heavy (non-hydrogen) atoms. The van der Waals surface area contributed by atoms with Gasteiger partial charge in [0.15, 0.2) is 0 Å². The van der Waals surface area contributed by atoms with Gasteiger partial charge in [-0.15, -0.1) is 0 Å². The Morgan fingerprint density at radius 1 is 1.11 bits per heavy atom. The molecule has 0 aromatic heterocycles. The topological polar surface area (TPSA) is 78.7 Å². The Morgan fingerprint density at radius 2 is 1.81 bits per heavy atom. The number of nitrogens with two attached hydrogens (primary N) is 1. The fourth-order valence-electron chi connectivity index (χ4n) is 3.50. The van der Waals surface area contributed by atoms with Crippen LogP contribution in [0.25, 0.3) is 0 Å². The van der Waals surface area contributed by atoms with Gasteiger partial charge in [0.1, 0.15) is 0 Å². The third-order valence-electron chi connectivity index (χ3n) is 4.91. The fraction of sp³-hybridized carbons (Fsp3) is 0.333. The second-order valence-electron chi connectivity index (χ2n) is 7.07. The maximum absolute atomic E-state index is 12.4. The average molecular weight is 366 g/mol. The van der Waals surface area contributed by atoms with E-state index in [-0.39, 0.29) is 5.91 Å². The Morgan fingerprint density at radius 3 is 2.48 bits per heavy atom. The normalized spacial score (nSPS) is 17.6. The molecule has 6 heteroatoms. The van der Waals surface area contributed by atoms with E-state index in [0.717, 1.165) is 19.6 Å². The fourth-order valence-corrected chi connectivity index (χ4v) is 3.50. The second-order valence-corrected chi connectivity index (χ2v) is 7.07. The molecule has 2 aromatic carbocycles. The number of hydrogen-bond donors (Lipinski definition) is 2. The summed E-state index contributed by atoms with van der Waals surface area (Å²) in [6, 6.07) is 15.6. The van der Waals surface area contributed by atoms with Gasteiger partial charge in [-0.1, -0.05) is 29.8 Å². The first-order chi connectivity index (χ1) is 12.9. The van der Waals surface area contributed by atoms with Crippen molar-refractivity contribution in [3.63, 3.8) is 0 Å². The van der Waals surface area contributed by atoms with Crippen molar-refractivity contribution in [2.75, 3.05) is 36.4 Å². The number of anilines is 2. The van der Waals surface area contributed by atoms with Crippen LogP contribution in [0, 0.1) is 6.92 Å². The van der Waals surface area contributed by atoms with Crippen LogP contribution in [0.5, 0.6) is 0 Å². The second kappa shape index (κ2) is 8.22. The molecule has 1 saturated heterocycles. The minimum absolute atomic E-state index is 0.139. The molecule has 0 radical (unpaired) electrons. The maximum atomic E-state index is 12.4. The van der Waals surface area contributed by atoms with Crippen LogP contribution in [-0.2, 0) is 4.79 Å². The van der Waals surface area contributed by atoms with E-state index in [9.17, 15) is 9.59 Å². The number of primary amides is 1. The van der Waals surface area contributed by atoms with Gasteiger partial charge in [0, 0.05) is 31.4 Å². The van der Waals surface area contributed by atoms with Crippen LogP contribution in [0.4, 0.5) is 11.4 Å². The van der Waals surface area contributed by atoms with Gasteiger partial charge in [-0.25, -0.2) is 0 Å². The number of hydrogen-bond acceptors (Lipinski definition) is 4. The highest BCUT2D eigenvalue weighted by Crippen LogP contribution is 2.21. The molecule has 2 aromatic rings. The molecule has 3 rings (SSSR count). The van der Waals surface area contributed by atoms with E-state index in [2.05, 4.69) is 53.2 Å². The summed E-state index contributed by atoms with van der Waals surface area (Å²) < 4.78 is 0. The highest BCUT2D eigenvalue weighted by molar-refractivity contribution is 6.03.